The van der Waals surface area contributed by atoms with Crippen LogP contribution >= 0.6 is 11.6 Å². The summed E-state index contributed by atoms with van der Waals surface area (Å²) < 4.78 is 0. The minimum Gasteiger partial charge on any atom is -0.380 e. The van der Waals surface area contributed by atoms with Crippen LogP contribution in [0.3, 0.4) is 0 Å². The molecule has 3 atom stereocenters. The number of aromatic nitrogens is 1. The lowest BCUT2D eigenvalue weighted by atomic mass is 9.94. The van der Waals surface area contributed by atoms with Crippen LogP contribution in [0.2, 0.25) is 5.02 Å². The lowest BCUT2D eigenvalue weighted by Gasteiger charge is -2.32. The topological polar surface area (TPSA) is 28.2 Å². The standard InChI is InChI=1S/C16H18ClN3/c17-13-8-11-2-1-5-18-16(11)15(9-13)19-14-4-7-20-6-3-12(14)10-20/h1-2,5,8-9,12,14,19H,3-4,6-7,10H2. The van der Waals surface area contributed by atoms with E-state index in [0.717, 1.165) is 27.5 Å². The third kappa shape index (κ3) is 2.15. The van der Waals surface area contributed by atoms with E-state index in [2.05, 4.69) is 21.3 Å². The molecule has 0 amide bonds. The summed E-state index contributed by atoms with van der Waals surface area (Å²) in [5.41, 5.74) is 2.11. The van der Waals surface area contributed by atoms with Gasteiger partial charge in [-0.3, -0.25) is 4.98 Å². The number of anilines is 1. The van der Waals surface area contributed by atoms with Crippen molar-refractivity contribution in [2.24, 2.45) is 5.92 Å². The number of hydrogen-bond donors (Lipinski definition) is 1. The van der Waals surface area contributed by atoms with Gasteiger partial charge in [0.1, 0.15) is 0 Å². The number of benzene rings is 1. The van der Waals surface area contributed by atoms with Crippen molar-refractivity contribution < 1.29 is 0 Å². The Labute approximate surface area is 123 Å². The van der Waals surface area contributed by atoms with Gasteiger partial charge in [0.2, 0.25) is 0 Å². The van der Waals surface area contributed by atoms with Crippen LogP contribution in [-0.2, 0) is 0 Å². The van der Waals surface area contributed by atoms with E-state index in [9.17, 15) is 0 Å². The number of nitrogens with zero attached hydrogens (tertiary/aromatic N) is 2. The summed E-state index contributed by atoms with van der Waals surface area (Å²) in [7, 11) is 0. The summed E-state index contributed by atoms with van der Waals surface area (Å²) in [4.78, 5) is 7.08. The van der Waals surface area contributed by atoms with Crippen LogP contribution in [-0.4, -0.2) is 35.6 Å². The first kappa shape index (κ1) is 12.4. The Balaban J connectivity index is 1.68. The molecule has 1 aromatic heterocycles. The summed E-state index contributed by atoms with van der Waals surface area (Å²) in [5, 5.41) is 5.60. The predicted octanol–water partition coefficient (Wildman–Crippen LogP) is 3.39. The van der Waals surface area contributed by atoms with Crippen molar-refractivity contribution in [1.29, 1.82) is 0 Å². The Morgan fingerprint density at radius 1 is 1.25 bits per heavy atom. The fraction of sp³-hybridized carbons (Fsp3) is 0.438. The SMILES string of the molecule is Clc1cc(NC2CCN3CCC2C3)c2ncccc2c1. The third-order valence-electron chi connectivity index (χ3n) is 4.64. The normalized spacial score (nSPS) is 28.8. The molecule has 2 fully saturated rings. The molecule has 2 aliphatic heterocycles. The zero-order valence-electron chi connectivity index (χ0n) is 11.3. The highest BCUT2D eigenvalue weighted by Gasteiger charge is 2.34. The highest BCUT2D eigenvalue weighted by molar-refractivity contribution is 6.31. The molecule has 2 bridgehead atoms. The molecule has 20 heavy (non-hydrogen) atoms. The predicted molar refractivity (Wildman–Crippen MR) is 83.3 cm³/mol. The van der Waals surface area contributed by atoms with Gasteiger partial charge in [-0.25, -0.2) is 0 Å². The molecule has 104 valence electrons. The van der Waals surface area contributed by atoms with Crippen LogP contribution in [0.15, 0.2) is 30.5 Å². The highest BCUT2D eigenvalue weighted by atomic mass is 35.5. The number of piperidine rings is 1. The van der Waals surface area contributed by atoms with Gasteiger partial charge in [0.05, 0.1) is 11.2 Å². The van der Waals surface area contributed by atoms with Gasteiger partial charge >= 0.3 is 0 Å². The van der Waals surface area contributed by atoms with E-state index < -0.39 is 0 Å². The van der Waals surface area contributed by atoms with Crippen LogP contribution in [0.4, 0.5) is 5.69 Å². The first-order valence-corrected chi connectivity index (χ1v) is 7.70. The van der Waals surface area contributed by atoms with Crippen molar-refractivity contribution in [3.8, 4) is 0 Å². The third-order valence-corrected chi connectivity index (χ3v) is 4.86. The second-order valence-electron chi connectivity index (χ2n) is 5.92. The molecular weight excluding hydrogens is 270 g/mol. The number of halogens is 1. The van der Waals surface area contributed by atoms with Crippen molar-refractivity contribution in [3.63, 3.8) is 0 Å². The molecule has 3 heterocycles. The molecule has 1 N–H and O–H groups in total. The summed E-state index contributed by atoms with van der Waals surface area (Å²) in [6.07, 6.45) is 4.37. The Hall–Kier alpha value is -1.32. The van der Waals surface area contributed by atoms with E-state index in [0.29, 0.717) is 6.04 Å². The quantitative estimate of drug-likeness (QED) is 0.918. The average molecular weight is 288 g/mol. The molecule has 0 saturated carbocycles. The molecular formula is C16H18ClN3. The van der Waals surface area contributed by atoms with E-state index in [1.54, 1.807) is 0 Å². The Morgan fingerprint density at radius 2 is 2.15 bits per heavy atom. The summed E-state index contributed by atoms with van der Waals surface area (Å²) in [5.74, 6) is 0.765. The summed E-state index contributed by atoms with van der Waals surface area (Å²) >= 11 is 6.24. The van der Waals surface area contributed by atoms with Crippen LogP contribution in [0.25, 0.3) is 10.9 Å². The van der Waals surface area contributed by atoms with E-state index >= 15 is 0 Å². The minimum absolute atomic E-state index is 0.553. The molecule has 0 spiro atoms. The smallest absolute Gasteiger partial charge is 0.0934 e. The zero-order valence-corrected chi connectivity index (χ0v) is 12.1. The fourth-order valence-corrected chi connectivity index (χ4v) is 3.83. The number of nitrogens with one attached hydrogen (secondary N) is 1. The second-order valence-corrected chi connectivity index (χ2v) is 6.35. The number of rotatable bonds is 2. The van der Waals surface area contributed by atoms with Gasteiger partial charge in [0, 0.05) is 35.7 Å². The lowest BCUT2D eigenvalue weighted by molar-refractivity contribution is 0.255. The number of hydrogen-bond acceptors (Lipinski definition) is 3. The van der Waals surface area contributed by atoms with Gasteiger partial charge in [-0.2, -0.15) is 0 Å². The van der Waals surface area contributed by atoms with Gasteiger partial charge in [0.25, 0.3) is 0 Å². The monoisotopic (exact) mass is 287 g/mol. The zero-order chi connectivity index (χ0) is 13.5. The number of pyridine rings is 1. The van der Waals surface area contributed by atoms with E-state index in [1.165, 1.54) is 32.5 Å². The largest absolute Gasteiger partial charge is 0.380 e. The molecule has 3 unspecified atom stereocenters. The average Bonchev–Trinajstić information content (AvgIpc) is 2.84. The van der Waals surface area contributed by atoms with Gasteiger partial charge in [0.15, 0.2) is 0 Å². The van der Waals surface area contributed by atoms with Gasteiger partial charge in [-0.05, 0) is 43.5 Å². The minimum atomic E-state index is 0.553. The van der Waals surface area contributed by atoms with E-state index in [-0.39, 0.29) is 0 Å². The summed E-state index contributed by atoms with van der Waals surface area (Å²) in [6, 6.07) is 8.57. The van der Waals surface area contributed by atoms with Crippen molar-refractivity contribution in [2.45, 2.75) is 18.9 Å². The molecule has 0 radical (unpaired) electrons. The molecule has 4 heteroatoms. The van der Waals surface area contributed by atoms with Crippen LogP contribution in [0.1, 0.15) is 12.8 Å². The van der Waals surface area contributed by atoms with Crippen molar-refractivity contribution in [2.75, 3.05) is 25.0 Å². The Morgan fingerprint density at radius 3 is 3.10 bits per heavy atom. The highest BCUT2D eigenvalue weighted by Crippen LogP contribution is 2.32. The first-order chi connectivity index (χ1) is 9.79. The lowest BCUT2D eigenvalue weighted by Crippen LogP contribution is -2.39. The number of fused-ring (bicyclic) bond motifs is 3. The summed E-state index contributed by atoms with van der Waals surface area (Å²) in [6.45, 7) is 3.71. The van der Waals surface area contributed by atoms with Crippen LogP contribution in [0, 0.1) is 5.92 Å². The van der Waals surface area contributed by atoms with Crippen molar-refractivity contribution in [3.05, 3.63) is 35.5 Å². The molecule has 4 rings (SSSR count). The second kappa shape index (κ2) is 4.90. The van der Waals surface area contributed by atoms with Gasteiger partial charge in [-0.1, -0.05) is 17.7 Å². The van der Waals surface area contributed by atoms with Gasteiger partial charge < -0.3 is 10.2 Å². The Kier molecular flexibility index (Phi) is 3.04. The molecule has 2 aliphatic rings. The van der Waals surface area contributed by atoms with Crippen LogP contribution < -0.4 is 5.32 Å². The molecule has 3 nitrogen and oxygen atoms in total. The maximum Gasteiger partial charge on any atom is 0.0934 e. The molecule has 2 saturated heterocycles. The van der Waals surface area contributed by atoms with E-state index in [4.69, 9.17) is 11.6 Å². The maximum atomic E-state index is 6.24. The van der Waals surface area contributed by atoms with E-state index in [1.807, 2.05) is 24.4 Å². The molecule has 2 aromatic rings. The van der Waals surface area contributed by atoms with Crippen LogP contribution in [0.5, 0.6) is 0 Å². The van der Waals surface area contributed by atoms with Crippen molar-refractivity contribution >= 4 is 28.2 Å². The first-order valence-electron chi connectivity index (χ1n) is 7.33. The molecule has 1 aromatic carbocycles. The fourth-order valence-electron chi connectivity index (χ4n) is 3.61. The van der Waals surface area contributed by atoms with Gasteiger partial charge in [-0.15, -0.1) is 0 Å². The molecule has 0 aliphatic carbocycles. The maximum absolute atomic E-state index is 6.24. The van der Waals surface area contributed by atoms with Crippen molar-refractivity contribution in [1.82, 2.24) is 9.88 Å². The Bertz CT molecular complexity index is 643.